The number of hydrogen-bond donors (Lipinski definition) is 0. The van der Waals surface area contributed by atoms with E-state index in [0.717, 1.165) is 0 Å². The van der Waals surface area contributed by atoms with E-state index in [0.29, 0.717) is 19.4 Å². The molecule has 0 heterocycles. The van der Waals surface area contributed by atoms with Crippen LogP contribution in [0, 0.1) is 0 Å². The lowest BCUT2D eigenvalue weighted by atomic mass is 10.4. The number of carbonyl (C=O) groups is 1. The van der Waals surface area contributed by atoms with Gasteiger partial charge in [0.15, 0.2) is 0 Å². The topological polar surface area (TPSA) is 81.2 Å². The Balaban J connectivity index is 3.97. The molecule has 6 heteroatoms. The summed E-state index contributed by atoms with van der Waals surface area (Å²) in [6.45, 7) is 5.29. The summed E-state index contributed by atoms with van der Waals surface area (Å²) in [4.78, 5) is 13.5. The van der Waals surface area contributed by atoms with Crippen LogP contribution in [0.3, 0.4) is 0 Å². The van der Waals surface area contributed by atoms with Crippen molar-refractivity contribution < 1.29 is 23.8 Å². The largest absolute Gasteiger partial charge is 0.449 e. The molecule has 0 radical (unpaired) electrons. The van der Waals surface area contributed by atoms with E-state index in [1.54, 1.807) is 0 Å². The maximum absolute atomic E-state index is 10.9. The van der Waals surface area contributed by atoms with Crippen LogP contribution in [0.15, 0.2) is 0 Å². The second kappa shape index (κ2) is 9.33. The average molecular weight is 216 g/mol. The zero-order chi connectivity index (χ0) is 11.5. The van der Waals surface area contributed by atoms with Crippen molar-refractivity contribution in [1.82, 2.24) is 0 Å². The van der Waals surface area contributed by atoms with E-state index in [4.69, 9.17) is 19.7 Å². The fourth-order valence-electron chi connectivity index (χ4n) is 0.857. The molecular formula is C9H16N2O4. The molecule has 0 fully saturated rings. The summed E-state index contributed by atoms with van der Waals surface area (Å²) in [6.07, 6.45) is 0.209. The van der Waals surface area contributed by atoms with Crippen molar-refractivity contribution in [2.45, 2.75) is 20.0 Å². The van der Waals surface area contributed by atoms with E-state index in [9.17, 15) is 4.79 Å². The quantitative estimate of drug-likeness (QED) is 0.252. The first kappa shape index (κ1) is 13.8. The molecule has 0 aliphatic carbocycles. The van der Waals surface area contributed by atoms with Gasteiger partial charge in [-0.3, -0.25) is 0 Å². The van der Waals surface area contributed by atoms with E-state index in [1.165, 1.54) is 0 Å². The number of esters is 1. The number of hydrogen-bond acceptors (Lipinski definition) is 4. The molecule has 0 aliphatic heterocycles. The second-order valence-corrected chi connectivity index (χ2v) is 2.62. The van der Waals surface area contributed by atoms with E-state index in [1.807, 2.05) is 13.8 Å². The predicted octanol–water partition coefficient (Wildman–Crippen LogP) is 0.272. The summed E-state index contributed by atoms with van der Waals surface area (Å²) in [7, 11) is 0. The van der Waals surface area contributed by atoms with Crippen molar-refractivity contribution in [3.63, 3.8) is 0 Å². The van der Waals surface area contributed by atoms with Crippen molar-refractivity contribution in [2.75, 3.05) is 26.4 Å². The van der Waals surface area contributed by atoms with Crippen LogP contribution < -0.4 is 0 Å². The molecule has 0 saturated carbocycles. The van der Waals surface area contributed by atoms with Crippen LogP contribution in [0.1, 0.15) is 13.8 Å². The third kappa shape index (κ3) is 7.81. The first-order valence-corrected chi connectivity index (χ1v) is 4.78. The molecule has 0 aromatic carbocycles. The highest BCUT2D eigenvalue weighted by Gasteiger charge is 2.15. The highest BCUT2D eigenvalue weighted by Crippen LogP contribution is 1.95. The molecule has 0 aromatic rings. The Labute approximate surface area is 88.7 Å². The molecule has 0 amide bonds. The smallest absolute Gasteiger partial charge is 0.414 e. The Bertz CT molecular complexity index is 218. The molecule has 0 bridgehead atoms. The number of carbonyl (C=O) groups excluding carboxylic acids is 1. The number of ether oxygens (including phenoxy) is 3. The van der Waals surface area contributed by atoms with Crippen molar-refractivity contribution in [3.05, 3.63) is 5.53 Å². The third-order valence-corrected chi connectivity index (χ3v) is 1.46. The Kier molecular flexibility index (Phi) is 8.56. The lowest BCUT2D eigenvalue weighted by Crippen LogP contribution is -2.29. The molecule has 0 unspecified atom stereocenters. The van der Waals surface area contributed by atoms with Gasteiger partial charge in [-0.2, -0.15) is 4.79 Å². The molecule has 6 nitrogen and oxygen atoms in total. The van der Waals surface area contributed by atoms with Crippen LogP contribution in [0.4, 0.5) is 0 Å². The Morgan fingerprint density at radius 3 is 2.27 bits per heavy atom. The van der Waals surface area contributed by atoms with Gasteiger partial charge in [-0.25, -0.2) is 4.79 Å². The minimum absolute atomic E-state index is 0.265. The van der Waals surface area contributed by atoms with Gasteiger partial charge in [0.05, 0.1) is 13.2 Å². The van der Waals surface area contributed by atoms with Crippen LogP contribution in [-0.2, 0) is 19.0 Å². The monoisotopic (exact) mass is 216 g/mol. The predicted molar refractivity (Wildman–Crippen MR) is 52.5 cm³/mol. The lowest BCUT2D eigenvalue weighted by molar-refractivity contribution is -0.150. The molecule has 0 atom stereocenters. The van der Waals surface area contributed by atoms with Crippen molar-refractivity contribution in [2.24, 2.45) is 0 Å². The number of rotatable bonds is 8. The SMILES string of the molecule is CCOCC(COCC)OC(=O)C=[N+]=[N-]. The first-order chi connectivity index (χ1) is 7.24. The molecule has 15 heavy (non-hydrogen) atoms. The normalized spacial score (nSPS) is 9.80. The molecule has 0 rings (SSSR count). The summed E-state index contributed by atoms with van der Waals surface area (Å²) in [5, 5.41) is 0. The van der Waals surface area contributed by atoms with Gasteiger partial charge < -0.3 is 19.7 Å². The minimum Gasteiger partial charge on any atom is -0.449 e. The zero-order valence-electron chi connectivity index (χ0n) is 9.01. The fraction of sp³-hybridized carbons (Fsp3) is 0.778. The third-order valence-electron chi connectivity index (χ3n) is 1.46. The highest BCUT2D eigenvalue weighted by atomic mass is 16.6. The van der Waals surface area contributed by atoms with Gasteiger partial charge in [0.25, 0.3) is 0 Å². The van der Waals surface area contributed by atoms with Crippen LogP contribution in [0.5, 0.6) is 0 Å². The van der Waals surface area contributed by atoms with Crippen LogP contribution in [-0.4, -0.2) is 49.5 Å². The maximum Gasteiger partial charge on any atom is 0.414 e. The van der Waals surface area contributed by atoms with Crippen LogP contribution >= 0.6 is 0 Å². The van der Waals surface area contributed by atoms with Gasteiger partial charge >= 0.3 is 12.2 Å². The average Bonchev–Trinajstić information content (AvgIpc) is 2.22. The van der Waals surface area contributed by atoms with E-state index in [-0.39, 0.29) is 13.2 Å². The van der Waals surface area contributed by atoms with Gasteiger partial charge in [-0.1, -0.05) is 0 Å². The molecule has 0 saturated heterocycles. The van der Waals surface area contributed by atoms with E-state index < -0.39 is 12.1 Å². The standard InChI is InChI=1S/C9H16N2O4/c1-3-13-6-8(7-14-4-2)15-9(12)5-11-10/h5,8H,3-4,6-7H2,1-2H3. The van der Waals surface area contributed by atoms with Crippen molar-refractivity contribution >= 4 is 12.2 Å². The van der Waals surface area contributed by atoms with Gasteiger partial charge in [0, 0.05) is 13.2 Å². The first-order valence-electron chi connectivity index (χ1n) is 4.78. The van der Waals surface area contributed by atoms with E-state index >= 15 is 0 Å². The maximum atomic E-state index is 10.9. The Morgan fingerprint density at radius 2 is 1.87 bits per heavy atom. The molecule has 86 valence electrons. The lowest BCUT2D eigenvalue weighted by Gasteiger charge is -2.15. The molecule has 0 N–H and O–H groups in total. The number of nitrogens with zero attached hydrogens (tertiary/aromatic N) is 2. The summed E-state index contributed by atoms with van der Waals surface area (Å²) < 4.78 is 15.1. The molecule has 0 aliphatic rings. The van der Waals surface area contributed by atoms with E-state index in [2.05, 4.69) is 4.79 Å². The second-order valence-electron chi connectivity index (χ2n) is 2.62. The van der Waals surface area contributed by atoms with Crippen molar-refractivity contribution in [1.29, 1.82) is 0 Å². The van der Waals surface area contributed by atoms with Crippen LogP contribution in [0.2, 0.25) is 0 Å². The highest BCUT2D eigenvalue weighted by molar-refractivity contribution is 6.20. The minimum atomic E-state index is -0.720. The van der Waals surface area contributed by atoms with Gasteiger partial charge in [-0.05, 0) is 13.8 Å². The molecular weight excluding hydrogens is 200 g/mol. The van der Waals surface area contributed by atoms with Gasteiger partial charge in [0.1, 0.15) is 6.10 Å². The van der Waals surface area contributed by atoms with Gasteiger partial charge in [-0.15, -0.1) is 0 Å². The zero-order valence-corrected chi connectivity index (χ0v) is 9.01. The summed E-state index contributed by atoms with van der Waals surface area (Å²) in [5.41, 5.74) is 8.11. The summed E-state index contributed by atoms with van der Waals surface area (Å²) in [5.74, 6) is -0.720. The van der Waals surface area contributed by atoms with Crippen molar-refractivity contribution in [3.8, 4) is 0 Å². The molecule has 0 aromatic heterocycles. The fourth-order valence-corrected chi connectivity index (χ4v) is 0.857. The van der Waals surface area contributed by atoms with Crippen LogP contribution in [0.25, 0.3) is 5.53 Å². The van der Waals surface area contributed by atoms with Gasteiger partial charge in [0.2, 0.25) is 0 Å². The Morgan fingerprint density at radius 1 is 1.33 bits per heavy atom. The molecule has 0 spiro atoms. The summed E-state index contributed by atoms with van der Waals surface area (Å²) >= 11 is 0. The summed E-state index contributed by atoms with van der Waals surface area (Å²) in [6, 6.07) is 0. The Hall–Kier alpha value is -1.23.